The molecule has 2 aromatic rings. The average molecular weight is 433 g/mol. The third-order valence-electron chi connectivity index (χ3n) is 4.75. The molecule has 2 heterocycles. The second-order valence-corrected chi connectivity index (χ2v) is 7.58. The van der Waals surface area contributed by atoms with E-state index < -0.39 is 0 Å². The predicted octanol–water partition coefficient (Wildman–Crippen LogP) is 2.83. The zero-order chi connectivity index (χ0) is 21.3. The lowest BCUT2D eigenvalue weighted by molar-refractivity contribution is -0.116. The number of carbonyl (C=O) groups is 1. The summed E-state index contributed by atoms with van der Waals surface area (Å²) in [6, 6.07) is 7.09. The van der Waals surface area contributed by atoms with Crippen LogP contribution in [0.1, 0.15) is 31.4 Å². The summed E-state index contributed by atoms with van der Waals surface area (Å²) in [5, 5.41) is 11.1. The van der Waals surface area contributed by atoms with Crippen LogP contribution >= 0.6 is 11.6 Å². The van der Waals surface area contributed by atoms with Gasteiger partial charge in [-0.15, -0.1) is 0 Å². The Kier molecular flexibility index (Phi) is 8.10. The Morgan fingerprint density at radius 1 is 1.37 bits per heavy atom. The highest BCUT2D eigenvalue weighted by Crippen LogP contribution is 2.21. The number of hydrogen-bond acceptors (Lipinski definition) is 4. The number of nitrogens with one attached hydrogen (secondary N) is 2. The third-order valence-corrected chi connectivity index (χ3v) is 5.00. The van der Waals surface area contributed by atoms with Crippen LogP contribution in [0, 0.1) is 0 Å². The molecule has 0 radical (unpaired) electrons. The standard InChI is InChI=1S/C21H29ClN6O2/c1-3-23-21(28-11-12-30-19(15-28)16-13-25-27(2)14-16)24-10-4-5-20(29)26-18-8-6-17(22)7-9-18/h6-9,13-14,19H,3-5,10-12,15H2,1-2H3,(H,23,24)(H,26,29). The highest BCUT2D eigenvalue weighted by molar-refractivity contribution is 6.30. The van der Waals surface area contributed by atoms with Crippen molar-refractivity contribution in [2.24, 2.45) is 12.0 Å². The Morgan fingerprint density at radius 3 is 2.87 bits per heavy atom. The lowest BCUT2D eigenvalue weighted by atomic mass is 10.1. The van der Waals surface area contributed by atoms with Crippen molar-refractivity contribution in [3.8, 4) is 0 Å². The Bertz CT molecular complexity index is 851. The molecule has 0 spiro atoms. The molecule has 0 saturated carbocycles. The molecule has 2 N–H and O–H groups in total. The molecule has 1 fully saturated rings. The number of anilines is 1. The maximum atomic E-state index is 12.1. The molecule has 1 unspecified atom stereocenters. The van der Waals surface area contributed by atoms with Crippen LogP contribution in [0.2, 0.25) is 5.02 Å². The maximum absolute atomic E-state index is 12.1. The highest BCUT2D eigenvalue weighted by atomic mass is 35.5. The first-order valence-corrected chi connectivity index (χ1v) is 10.6. The molecule has 1 aromatic heterocycles. The molecular formula is C21H29ClN6O2. The van der Waals surface area contributed by atoms with Gasteiger partial charge < -0.3 is 20.3 Å². The van der Waals surface area contributed by atoms with Crippen LogP contribution in [0.25, 0.3) is 0 Å². The van der Waals surface area contributed by atoms with Crippen LogP contribution in [0.15, 0.2) is 41.7 Å². The van der Waals surface area contributed by atoms with Gasteiger partial charge in [-0.05, 0) is 37.6 Å². The van der Waals surface area contributed by atoms with Crippen molar-refractivity contribution in [2.75, 3.05) is 38.1 Å². The molecule has 8 nitrogen and oxygen atoms in total. The van der Waals surface area contributed by atoms with E-state index in [1.807, 2.05) is 26.4 Å². The summed E-state index contributed by atoms with van der Waals surface area (Å²) >= 11 is 5.87. The molecule has 1 aliphatic heterocycles. The molecule has 1 aliphatic rings. The third kappa shape index (κ3) is 6.47. The summed E-state index contributed by atoms with van der Waals surface area (Å²) in [6.45, 7) is 5.53. The zero-order valence-electron chi connectivity index (χ0n) is 17.5. The molecule has 0 bridgehead atoms. The Balaban J connectivity index is 1.49. The van der Waals surface area contributed by atoms with Gasteiger partial charge in [0, 0.05) is 55.6 Å². The number of aromatic nitrogens is 2. The van der Waals surface area contributed by atoms with Gasteiger partial charge in [0.25, 0.3) is 0 Å². The zero-order valence-corrected chi connectivity index (χ0v) is 18.2. The summed E-state index contributed by atoms with van der Waals surface area (Å²) in [4.78, 5) is 19.1. The minimum Gasteiger partial charge on any atom is -0.370 e. The van der Waals surface area contributed by atoms with Gasteiger partial charge in [-0.3, -0.25) is 14.5 Å². The van der Waals surface area contributed by atoms with Gasteiger partial charge in [0.1, 0.15) is 6.10 Å². The Morgan fingerprint density at radius 2 is 2.17 bits per heavy atom. The minimum atomic E-state index is -0.0273. The van der Waals surface area contributed by atoms with E-state index in [1.165, 1.54) is 0 Å². The van der Waals surface area contributed by atoms with Crippen LogP contribution in [0.5, 0.6) is 0 Å². The molecule has 9 heteroatoms. The molecule has 1 aromatic carbocycles. The van der Waals surface area contributed by atoms with Crippen LogP contribution in [-0.4, -0.2) is 59.3 Å². The molecule has 1 atom stereocenters. The summed E-state index contributed by atoms with van der Waals surface area (Å²) in [7, 11) is 1.90. The first kappa shape index (κ1) is 22.1. The number of nitrogens with zero attached hydrogens (tertiary/aromatic N) is 4. The molecule has 0 aliphatic carbocycles. The smallest absolute Gasteiger partial charge is 0.224 e. The summed E-state index contributed by atoms with van der Waals surface area (Å²) in [6.07, 6.45) is 4.88. The van der Waals surface area contributed by atoms with E-state index in [4.69, 9.17) is 21.3 Å². The van der Waals surface area contributed by atoms with Crippen LogP contribution in [-0.2, 0) is 16.6 Å². The maximum Gasteiger partial charge on any atom is 0.224 e. The number of amides is 1. The first-order valence-electron chi connectivity index (χ1n) is 10.2. The van der Waals surface area contributed by atoms with Crippen molar-refractivity contribution in [1.82, 2.24) is 20.0 Å². The Hall–Kier alpha value is -2.58. The fourth-order valence-corrected chi connectivity index (χ4v) is 3.38. The van der Waals surface area contributed by atoms with Gasteiger partial charge in [0.05, 0.1) is 19.3 Å². The topological polar surface area (TPSA) is 83.8 Å². The van der Waals surface area contributed by atoms with Gasteiger partial charge in [-0.1, -0.05) is 11.6 Å². The number of hydrogen-bond donors (Lipinski definition) is 2. The largest absolute Gasteiger partial charge is 0.370 e. The molecule has 162 valence electrons. The molecular weight excluding hydrogens is 404 g/mol. The fraction of sp³-hybridized carbons (Fsp3) is 0.476. The first-order chi connectivity index (χ1) is 14.5. The van der Waals surface area contributed by atoms with E-state index in [9.17, 15) is 4.79 Å². The Labute approximate surface area is 182 Å². The number of morpholine rings is 1. The number of aliphatic imine (C=N–C) groups is 1. The normalized spacial score (nSPS) is 17.1. The second kappa shape index (κ2) is 11.0. The number of rotatable bonds is 7. The van der Waals surface area contributed by atoms with Gasteiger partial charge in [0.15, 0.2) is 5.96 Å². The van der Waals surface area contributed by atoms with E-state index in [0.29, 0.717) is 37.6 Å². The van der Waals surface area contributed by atoms with Crippen LogP contribution in [0.3, 0.4) is 0 Å². The second-order valence-electron chi connectivity index (χ2n) is 7.15. The van der Waals surface area contributed by atoms with E-state index in [0.717, 1.165) is 30.3 Å². The number of guanidine groups is 1. The molecule has 1 amide bonds. The SMILES string of the molecule is CCNC(=NCCCC(=O)Nc1ccc(Cl)cc1)N1CCOC(c2cnn(C)c2)C1. The van der Waals surface area contributed by atoms with Crippen LogP contribution < -0.4 is 10.6 Å². The van der Waals surface area contributed by atoms with Crippen molar-refractivity contribution in [1.29, 1.82) is 0 Å². The van der Waals surface area contributed by atoms with E-state index in [-0.39, 0.29) is 12.0 Å². The number of halogens is 1. The highest BCUT2D eigenvalue weighted by Gasteiger charge is 2.25. The van der Waals surface area contributed by atoms with Gasteiger partial charge in [-0.25, -0.2) is 0 Å². The quantitative estimate of drug-likeness (QED) is 0.399. The summed E-state index contributed by atoms with van der Waals surface area (Å²) in [5.74, 6) is 0.827. The number of benzene rings is 1. The van der Waals surface area contributed by atoms with Gasteiger partial charge in [0.2, 0.25) is 5.91 Å². The van der Waals surface area contributed by atoms with Crippen molar-refractivity contribution in [2.45, 2.75) is 25.9 Å². The van der Waals surface area contributed by atoms with Crippen molar-refractivity contribution < 1.29 is 9.53 Å². The molecule has 30 heavy (non-hydrogen) atoms. The van der Waals surface area contributed by atoms with E-state index >= 15 is 0 Å². The van der Waals surface area contributed by atoms with E-state index in [1.54, 1.807) is 28.9 Å². The fourth-order valence-electron chi connectivity index (χ4n) is 3.26. The van der Waals surface area contributed by atoms with Crippen molar-refractivity contribution in [3.63, 3.8) is 0 Å². The number of aryl methyl sites for hydroxylation is 1. The lowest BCUT2D eigenvalue weighted by Gasteiger charge is -2.34. The summed E-state index contributed by atoms with van der Waals surface area (Å²) < 4.78 is 7.70. The van der Waals surface area contributed by atoms with Gasteiger partial charge >= 0.3 is 0 Å². The van der Waals surface area contributed by atoms with Crippen molar-refractivity contribution >= 4 is 29.2 Å². The number of ether oxygens (including phenoxy) is 1. The van der Waals surface area contributed by atoms with Crippen molar-refractivity contribution in [3.05, 3.63) is 47.2 Å². The number of carbonyl (C=O) groups excluding carboxylic acids is 1. The predicted molar refractivity (Wildman–Crippen MR) is 119 cm³/mol. The monoisotopic (exact) mass is 432 g/mol. The average Bonchev–Trinajstić information content (AvgIpc) is 3.18. The van der Waals surface area contributed by atoms with Crippen LogP contribution in [0.4, 0.5) is 5.69 Å². The van der Waals surface area contributed by atoms with E-state index in [2.05, 4.69) is 20.6 Å². The van der Waals surface area contributed by atoms with Gasteiger partial charge in [-0.2, -0.15) is 5.10 Å². The lowest BCUT2D eigenvalue weighted by Crippen LogP contribution is -2.48. The minimum absolute atomic E-state index is 0.0264. The summed E-state index contributed by atoms with van der Waals surface area (Å²) in [5.41, 5.74) is 1.81. The molecule has 1 saturated heterocycles. The molecule has 3 rings (SSSR count).